The van der Waals surface area contributed by atoms with E-state index in [9.17, 15) is 14.3 Å². The van der Waals surface area contributed by atoms with Crippen LogP contribution in [0.5, 0.6) is 0 Å². The van der Waals surface area contributed by atoms with Crippen molar-refractivity contribution in [1.29, 1.82) is 0 Å². The molecule has 0 radical (unpaired) electrons. The number of rotatable bonds is 3. The number of benzene rings is 2. The Kier molecular flexibility index (Phi) is 4.32. The van der Waals surface area contributed by atoms with E-state index in [-0.39, 0.29) is 10.6 Å². The van der Waals surface area contributed by atoms with Crippen LogP contribution in [-0.2, 0) is 6.42 Å². The van der Waals surface area contributed by atoms with E-state index < -0.39 is 11.8 Å². The van der Waals surface area contributed by atoms with Gasteiger partial charge in [-0.1, -0.05) is 29.3 Å². The molecule has 6 heteroatoms. The molecule has 3 aromatic rings. The number of carboxylic acid groups (broad SMARTS) is 1. The van der Waals surface area contributed by atoms with Gasteiger partial charge in [0.25, 0.3) is 0 Å². The molecular formula is C17H10Cl2FO2S-. The molecule has 2 nitrogen and oxygen atoms in total. The van der Waals surface area contributed by atoms with Crippen molar-refractivity contribution in [3.05, 3.63) is 67.8 Å². The molecule has 0 spiro atoms. The van der Waals surface area contributed by atoms with Crippen LogP contribution in [0.3, 0.4) is 0 Å². The molecule has 0 aliphatic carbocycles. The van der Waals surface area contributed by atoms with Gasteiger partial charge < -0.3 is 9.90 Å². The van der Waals surface area contributed by atoms with Crippen LogP contribution in [0.2, 0.25) is 10.0 Å². The Labute approximate surface area is 146 Å². The average Bonchev–Trinajstić information content (AvgIpc) is 2.80. The number of fused-ring (bicyclic) bond motifs is 1. The predicted molar refractivity (Wildman–Crippen MR) is 90.1 cm³/mol. The lowest BCUT2D eigenvalue weighted by molar-refractivity contribution is -0.255. The summed E-state index contributed by atoms with van der Waals surface area (Å²) in [6, 6.07) is 7.56. The van der Waals surface area contributed by atoms with Gasteiger partial charge in [0, 0.05) is 21.0 Å². The zero-order chi connectivity index (χ0) is 16.7. The van der Waals surface area contributed by atoms with Crippen molar-refractivity contribution >= 4 is 50.6 Å². The topological polar surface area (TPSA) is 40.1 Å². The minimum absolute atomic E-state index is 0.0233. The van der Waals surface area contributed by atoms with Crippen molar-refractivity contribution in [2.75, 3.05) is 0 Å². The third kappa shape index (κ3) is 3.07. The minimum Gasteiger partial charge on any atom is -0.545 e. The van der Waals surface area contributed by atoms with Gasteiger partial charge in [0.05, 0.1) is 11.0 Å². The SMILES string of the molecule is Cc1sc2ccc(C(=O)[O-])cc2c1Cc1cc(F)c(Cl)cc1Cl. The van der Waals surface area contributed by atoms with E-state index in [0.29, 0.717) is 17.0 Å². The molecule has 2 aromatic carbocycles. The Hall–Kier alpha value is -1.62. The number of thiophene rings is 1. The molecule has 0 atom stereocenters. The van der Waals surface area contributed by atoms with Crippen LogP contribution in [0, 0.1) is 12.7 Å². The molecule has 3 rings (SSSR count). The molecule has 0 aliphatic rings. The summed E-state index contributed by atoms with van der Waals surface area (Å²) in [5.41, 5.74) is 1.65. The molecule has 0 aliphatic heterocycles. The second-order valence-electron chi connectivity index (χ2n) is 5.17. The maximum Gasteiger partial charge on any atom is 0.142 e. The number of aryl methyl sites for hydroxylation is 1. The Morgan fingerprint density at radius 3 is 2.65 bits per heavy atom. The monoisotopic (exact) mass is 367 g/mol. The lowest BCUT2D eigenvalue weighted by Gasteiger charge is -2.08. The van der Waals surface area contributed by atoms with E-state index >= 15 is 0 Å². The zero-order valence-electron chi connectivity index (χ0n) is 12.0. The van der Waals surface area contributed by atoms with Crippen LogP contribution in [0.25, 0.3) is 10.1 Å². The second kappa shape index (κ2) is 6.11. The fourth-order valence-corrected chi connectivity index (χ4v) is 4.02. The molecule has 23 heavy (non-hydrogen) atoms. The molecule has 118 valence electrons. The van der Waals surface area contributed by atoms with E-state index in [2.05, 4.69) is 0 Å². The Balaban J connectivity index is 2.12. The average molecular weight is 368 g/mol. The first-order valence-electron chi connectivity index (χ1n) is 6.73. The number of carbonyl (C=O) groups is 1. The van der Waals surface area contributed by atoms with E-state index in [1.807, 2.05) is 6.92 Å². The molecule has 0 bridgehead atoms. The highest BCUT2D eigenvalue weighted by molar-refractivity contribution is 7.19. The first-order chi connectivity index (χ1) is 10.9. The minimum atomic E-state index is -1.22. The van der Waals surface area contributed by atoms with Crippen molar-refractivity contribution in [3.63, 3.8) is 0 Å². The molecular weight excluding hydrogens is 358 g/mol. The van der Waals surface area contributed by atoms with Crippen LogP contribution in [0.15, 0.2) is 30.3 Å². The number of aromatic carboxylic acids is 1. The molecule has 0 saturated carbocycles. The van der Waals surface area contributed by atoms with Gasteiger partial charge in [0.2, 0.25) is 0 Å². The van der Waals surface area contributed by atoms with Crippen molar-refractivity contribution in [2.24, 2.45) is 0 Å². The summed E-state index contributed by atoms with van der Waals surface area (Å²) >= 11 is 13.4. The lowest BCUT2D eigenvalue weighted by atomic mass is 10.0. The van der Waals surface area contributed by atoms with Gasteiger partial charge >= 0.3 is 0 Å². The molecule has 0 amide bonds. The van der Waals surface area contributed by atoms with Crippen molar-refractivity contribution in [3.8, 4) is 0 Å². The predicted octanol–water partition coefficient (Wildman–Crippen LogP) is 4.61. The standard InChI is InChI=1S/C17H11Cl2FO2S/c1-8-11(5-10-6-15(20)14(19)7-13(10)18)12-4-9(17(21)22)2-3-16(12)23-8/h2-4,6-7H,5H2,1H3,(H,21,22)/p-1. The molecule has 1 aromatic heterocycles. The number of hydrogen-bond acceptors (Lipinski definition) is 3. The van der Waals surface area contributed by atoms with E-state index in [4.69, 9.17) is 23.2 Å². The summed E-state index contributed by atoms with van der Waals surface area (Å²) in [7, 11) is 0. The quantitative estimate of drug-likeness (QED) is 0.634. The summed E-state index contributed by atoms with van der Waals surface area (Å²) in [4.78, 5) is 12.1. The smallest absolute Gasteiger partial charge is 0.142 e. The van der Waals surface area contributed by atoms with E-state index in [1.165, 1.54) is 18.2 Å². The summed E-state index contributed by atoms with van der Waals surface area (Å²) in [5.74, 6) is -1.75. The maximum absolute atomic E-state index is 13.7. The van der Waals surface area contributed by atoms with Gasteiger partial charge in [-0.3, -0.25) is 0 Å². The van der Waals surface area contributed by atoms with E-state index in [0.717, 1.165) is 20.5 Å². The van der Waals surface area contributed by atoms with E-state index in [1.54, 1.807) is 23.5 Å². The highest BCUT2D eigenvalue weighted by Gasteiger charge is 2.14. The van der Waals surface area contributed by atoms with Crippen LogP contribution in [0.1, 0.15) is 26.4 Å². The Bertz CT molecular complexity index is 934. The van der Waals surface area contributed by atoms with Crippen molar-refractivity contribution < 1.29 is 14.3 Å². The molecule has 0 saturated heterocycles. The molecule has 0 N–H and O–H groups in total. The van der Waals surface area contributed by atoms with Gasteiger partial charge in [-0.25, -0.2) is 4.39 Å². The lowest BCUT2D eigenvalue weighted by Crippen LogP contribution is -2.21. The zero-order valence-corrected chi connectivity index (χ0v) is 14.3. The fraction of sp³-hybridized carbons (Fsp3) is 0.118. The fourth-order valence-electron chi connectivity index (χ4n) is 2.51. The van der Waals surface area contributed by atoms with Gasteiger partial charge in [0.15, 0.2) is 0 Å². The summed E-state index contributed by atoms with van der Waals surface area (Å²) in [6.07, 6.45) is 0.398. The summed E-state index contributed by atoms with van der Waals surface area (Å²) in [6.45, 7) is 1.94. The first-order valence-corrected chi connectivity index (χ1v) is 8.31. The normalized spacial score (nSPS) is 11.1. The Morgan fingerprint density at radius 2 is 1.96 bits per heavy atom. The van der Waals surface area contributed by atoms with Crippen molar-refractivity contribution in [1.82, 2.24) is 0 Å². The Morgan fingerprint density at radius 1 is 1.22 bits per heavy atom. The highest BCUT2D eigenvalue weighted by Crippen LogP contribution is 2.35. The van der Waals surface area contributed by atoms with Crippen LogP contribution < -0.4 is 5.11 Å². The molecule has 1 heterocycles. The number of halogens is 3. The summed E-state index contributed by atoms with van der Waals surface area (Å²) in [5, 5.41) is 12.2. The van der Waals surface area contributed by atoms with Crippen LogP contribution in [-0.4, -0.2) is 5.97 Å². The van der Waals surface area contributed by atoms with Gasteiger partial charge in [0.1, 0.15) is 5.82 Å². The number of carbonyl (C=O) groups excluding carboxylic acids is 1. The largest absolute Gasteiger partial charge is 0.545 e. The van der Waals surface area contributed by atoms with Crippen molar-refractivity contribution in [2.45, 2.75) is 13.3 Å². The van der Waals surface area contributed by atoms with Gasteiger partial charge in [-0.15, -0.1) is 11.3 Å². The second-order valence-corrected chi connectivity index (χ2v) is 7.24. The van der Waals surface area contributed by atoms with Crippen LogP contribution >= 0.6 is 34.5 Å². The summed E-state index contributed by atoms with van der Waals surface area (Å²) < 4.78 is 14.7. The third-order valence-electron chi connectivity index (χ3n) is 3.68. The van der Waals surface area contributed by atoms with Crippen LogP contribution in [0.4, 0.5) is 4.39 Å². The number of carboxylic acids is 1. The third-order valence-corrected chi connectivity index (χ3v) is 5.45. The van der Waals surface area contributed by atoms with Gasteiger partial charge in [-0.2, -0.15) is 0 Å². The first kappa shape index (κ1) is 16.2. The maximum atomic E-state index is 13.7. The van der Waals surface area contributed by atoms with Gasteiger partial charge in [-0.05, 0) is 53.3 Å². The highest BCUT2D eigenvalue weighted by atomic mass is 35.5. The number of hydrogen-bond donors (Lipinski definition) is 0. The molecule has 0 unspecified atom stereocenters. The molecule has 0 fully saturated rings.